The average Bonchev–Trinajstić information content (AvgIpc) is 2.49. The number of hydrogen-bond acceptors (Lipinski definition) is 3. The second-order valence-corrected chi connectivity index (χ2v) is 6.24. The Morgan fingerprint density at radius 3 is 2.62 bits per heavy atom. The molecule has 5 nitrogen and oxygen atoms in total. The molecule has 0 spiro atoms. The van der Waals surface area contributed by atoms with Gasteiger partial charge in [0, 0.05) is 10.7 Å². The number of carbonyl (C=O) groups excluding carboxylic acids is 2. The van der Waals surface area contributed by atoms with E-state index in [2.05, 4.69) is 5.32 Å². The fourth-order valence-corrected chi connectivity index (χ4v) is 2.91. The highest BCUT2D eigenvalue weighted by Gasteiger charge is 2.27. The second kappa shape index (κ2) is 6.53. The normalized spacial score (nSPS) is 13.3. The maximum atomic E-state index is 12.4. The molecule has 1 heterocycles. The number of halogens is 1. The first-order valence-corrected chi connectivity index (χ1v) is 7.91. The van der Waals surface area contributed by atoms with Gasteiger partial charge in [-0.2, -0.15) is 0 Å². The van der Waals surface area contributed by atoms with E-state index in [1.54, 1.807) is 18.2 Å². The van der Waals surface area contributed by atoms with Crippen LogP contribution in [0.5, 0.6) is 5.75 Å². The Morgan fingerprint density at radius 2 is 1.92 bits per heavy atom. The van der Waals surface area contributed by atoms with Gasteiger partial charge in [-0.1, -0.05) is 17.7 Å². The summed E-state index contributed by atoms with van der Waals surface area (Å²) in [5, 5.41) is 3.31. The van der Waals surface area contributed by atoms with E-state index < -0.39 is 0 Å². The van der Waals surface area contributed by atoms with Crippen LogP contribution >= 0.6 is 11.6 Å². The predicted octanol–water partition coefficient (Wildman–Crippen LogP) is 3.32. The van der Waals surface area contributed by atoms with E-state index in [0.717, 1.165) is 11.1 Å². The molecule has 0 aromatic heterocycles. The van der Waals surface area contributed by atoms with Crippen LogP contribution < -0.4 is 15.0 Å². The van der Waals surface area contributed by atoms with Crippen molar-refractivity contribution in [2.24, 2.45) is 0 Å². The largest absolute Gasteiger partial charge is 0.482 e. The average molecular weight is 345 g/mol. The summed E-state index contributed by atoms with van der Waals surface area (Å²) in [6.07, 6.45) is 0. The minimum atomic E-state index is -0.277. The Balaban J connectivity index is 1.79. The molecule has 6 heteroatoms. The lowest BCUT2D eigenvalue weighted by Crippen LogP contribution is -2.43. The topological polar surface area (TPSA) is 58.6 Å². The molecule has 0 radical (unpaired) electrons. The number of nitrogens with one attached hydrogen (secondary N) is 1. The van der Waals surface area contributed by atoms with E-state index in [-0.39, 0.29) is 25.0 Å². The Morgan fingerprint density at radius 1 is 1.21 bits per heavy atom. The Hall–Kier alpha value is -2.53. The van der Waals surface area contributed by atoms with Gasteiger partial charge >= 0.3 is 0 Å². The van der Waals surface area contributed by atoms with Crippen LogP contribution in [-0.4, -0.2) is 25.0 Å². The first kappa shape index (κ1) is 16.3. The summed E-state index contributed by atoms with van der Waals surface area (Å²) in [5.41, 5.74) is 3.34. The molecule has 0 saturated carbocycles. The van der Waals surface area contributed by atoms with E-state index in [1.807, 2.05) is 32.0 Å². The number of amides is 2. The van der Waals surface area contributed by atoms with Crippen LogP contribution in [0.3, 0.4) is 0 Å². The number of fused-ring (bicyclic) bond motifs is 1. The van der Waals surface area contributed by atoms with Crippen molar-refractivity contribution in [3.63, 3.8) is 0 Å². The van der Waals surface area contributed by atoms with Crippen LogP contribution in [0.4, 0.5) is 11.4 Å². The van der Waals surface area contributed by atoms with Crippen molar-refractivity contribution in [2.45, 2.75) is 13.8 Å². The van der Waals surface area contributed by atoms with Gasteiger partial charge in [0.1, 0.15) is 12.3 Å². The summed E-state index contributed by atoms with van der Waals surface area (Å²) in [6.45, 7) is 3.74. The third-order valence-corrected chi connectivity index (χ3v) is 3.91. The molecule has 2 aromatic carbocycles. The van der Waals surface area contributed by atoms with Gasteiger partial charge < -0.3 is 10.1 Å². The first-order valence-electron chi connectivity index (χ1n) is 7.53. The number of ether oxygens (including phenoxy) is 1. The van der Waals surface area contributed by atoms with Gasteiger partial charge in [0.25, 0.3) is 5.91 Å². The van der Waals surface area contributed by atoms with Gasteiger partial charge in [0.15, 0.2) is 6.61 Å². The van der Waals surface area contributed by atoms with Crippen LogP contribution in [0.1, 0.15) is 11.1 Å². The molecule has 2 aromatic rings. The smallest absolute Gasteiger partial charge is 0.265 e. The van der Waals surface area contributed by atoms with E-state index in [1.165, 1.54) is 4.90 Å². The van der Waals surface area contributed by atoms with Crippen LogP contribution in [-0.2, 0) is 9.59 Å². The molecule has 1 aliphatic heterocycles. The summed E-state index contributed by atoms with van der Waals surface area (Å²) >= 11 is 6.00. The van der Waals surface area contributed by atoms with Gasteiger partial charge in [-0.3, -0.25) is 14.5 Å². The third-order valence-electron chi connectivity index (χ3n) is 3.67. The van der Waals surface area contributed by atoms with Crippen molar-refractivity contribution in [3.8, 4) is 5.75 Å². The van der Waals surface area contributed by atoms with Gasteiger partial charge in [0.05, 0.1) is 5.69 Å². The Labute approximate surface area is 145 Å². The maximum Gasteiger partial charge on any atom is 0.265 e. The standard InChI is InChI=1S/C18H17ClN2O3/c1-11-5-12(2)7-14(6-11)20-17(22)9-21-15-8-13(19)3-4-16(15)24-10-18(21)23/h3-8H,9-10H2,1-2H3,(H,20,22). The number of rotatable bonds is 3. The molecule has 0 atom stereocenters. The monoisotopic (exact) mass is 344 g/mol. The van der Waals surface area contributed by atoms with Gasteiger partial charge in [-0.15, -0.1) is 0 Å². The quantitative estimate of drug-likeness (QED) is 0.929. The lowest BCUT2D eigenvalue weighted by molar-refractivity contribution is -0.123. The van der Waals surface area contributed by atoms with Crippen molar-refractivity contribution in [3.05, 3.63) is 52.5 Å². The summed E-state index contributed by atoms with van der Waals surface area (Å²) in [4.78, 5) is 25.9. The van der Waals surface area contributed by atoms with E-state index in [4.69, 9.17) is 16.3 Å². The highest BCUT2D eigenvalue weighted by atomic mass is 35.5. The summed E-state index contributed by atoms with van der Waals surface area (Å²) in [7, 11) is 0. The van der Waals surface area contributed by atoms with Gasteiger partial charge in [-0.05, 0) is 55.3 Å². The summed E-state index contributed by atoms with van der Waals surface area (Å²) < 4.78 is 5.37. The molecule has 124 valence electrons. The van der Waals surface area contributed by atoms with Crippen LogP contribution in [0, 0.1) is 13.8 Å². The van der Waals surface area contributed by atoms with Crippen LogP contribution in [0.25, 0.3) is 0 Å². The number of hydrogen-bond donors (Lipinski definition) is 1. The fraction of sp³-hybridized carbons (Fsp3) is 0.222. The highest BCUT2D eigenvalue weighted by molar-refractivity contribution is 6.31. The van der Waals surface area contributed by atoms with Crippen molar-refractivity contribution >= 4 is 34.8 Å². The highest BCUT2D eigenvalue weighted by Crippen LogP contribution is 2.34. The molecular weight excluding hydrogens is 328 g/mol. The molecule has 24 heavy (non-hydrogen) atoms. The maximum absolute atomic E-state index is 12.4. The van der Waals surface area contributed by atoms with E-state index in [9.17, 15) is 9.59 Å². The predicted molar refractivity (Wildman–Crippen MR) is 93.8 cm³/mol. The number of nitrogens with zero attached hydrogens (tertiary/aromatic N) is 1. The number of carbonyl (C=O) groups is 2. The van der Waals surface area contributed by atoms with Crippen molar-refractivity contribution in [2.75, 3.05) is 23.4 Å². The van der Waals surface area contributed by atoms with E-state index in [0.29, 0.717) is 22.1 Å². The van der Waals surface area contributed by atoms with Crippen LogP contribution in [0.15, 0.2) is 36.4 Å². The van der Waals surface area contributed by atoms with Crippen molar-refractivity contribution < 1.29 is 14.3 Å². The van der Waals surface area contributed by atoms with Crippen molar-refractivity contribution in [1.82, 2.24) is 0 Å². The minimum Gasteiger partial charge on any atom is -0.482 e. The molecular formula is C18H17ClN2O3. The molecule has 0 bridgehead atoms. The minimum absolute atomic E-state index is 0.0918. The Bertz CT molecular complexity index is 800. The third kappa shape index (κ3) is 3.51. The zero-order valence-corrected chi connectivity index (χ0v) is 14.2. The zero-order valence-electron chi connectivity index (χ0n) is 13.4. The second-order valence-electron chi connectivity index (χ2n) is 5.81. The summed E-state index contributed by atoms with van der Waals surface area (Å²) in [5.74, 6) is -0.0142. The number of anilines is 2. The molecule has 2 amide bonds. The molecule has 1 N–H and O–H groups in total. The Kier molecular flexibility index (Phi) is 4.44. The molecule has 0 unspecified atom stereocenters. The molecule has 0 fully saturated rings. The first-order chi connectivity index (χ1) is 11.4. The van der Waals surface area contributed by atoms with E-state index >= 15 is 0 Å². The zero-order chi connectivity index (χ0) is 17.3. The fourth-order valence-electron chi connectivity index (χ4n) is 2.74. The van der Waals surface area contributed by atoms with Crippen LogP contribution in [0.2, 0.25) is 5.02 Å². The SMILES string of the molecule is Cc1cc(C)cc(NC(=O)CN2C(=O)COc3ccc(Cl)cc32)c1. The molecule has 0 aliphatic carbocycles. The van der Waals surface area contributed by atoms with Crippen molar-refractivity contribution in [1.29, 1.82) is 0 Å². The molecule has 3 rings (SSSR count). The van der Waals surface area contributed by atoms with Gasteiger partial charge in [0.2, 0.25) is 5.91 Å². The lowest BCUT2D eigenvalue weighted by Gasteiger charge is -2.29. The number of benzene rings is 2. The molecule has 1 aliphatic rings. The van der Waals surface area contributed by atoms with Gasteiger partial charge in [-0.25, -0.2) is 0 Å². The summed E-state index contributed by atoms with van der Waals surface area (Å²) in [6, 6.07) is 10.8. The molecule has 0 saturated heterocycles. The number of aryl methyl sites for hydroxylation is 2. The lowest BCUT2D eigenvalue weighted by atomic mass is 10.1.